The van der Waals surface area contributed by atoms with Crippen LogP contribution in [0.5, 0.6) is 0 Å². The molecule has 7 heteroatoms. The number of benzene rings is 2. The number of hydrogen-bond acceptors (Lipinski definition) is 5. The number of aromatic amines is 1. The third-order valence-electron chi connectivity index (χ3n) is 7.88. The SMILES string of the molecule is CC(C)N1CCN(Cc2cnc(C3=C4C(=Nc5ccc(-c6cccc7[nH]ccc67)cc54)CC=C3)o2)CC1.Cl. The molecule has 3 aliphatic rings. The van der Waals surface area contributed by atoms with E-state index >= 15 is 0 Å². The predicted octanol–water partition coefficient (Wildman–Crippen LogP) is 6.73. The molecule has 0 bridgehead atoms. The number of halogens is 1. The molecule has 0 unspecified atom stereocenters. The van der Waals surface area contributed by atoms with E-state index in [1.807, 2.05) is 12.4 Å². The largest absolute Gasteiger partial charge is 0.440 e. The molecule has 6 nitrogen and oxygen atoms in total. The summed E-state index contributed by atoms with van der Waals surface area (Å²) in [7, 11) is 0. The van der Waals surface area contributed by atoms with Crippen molar-refractivity contribution in [1.82, 2.24) is 19.8 Å². The number of aromatic nitrogens is 2. The van der Waals surface area contributed by atoms with Crippen LogP contribution < -0.4 is 0 Å². The van der Waals surface area contributed by atoms with Crippen LogP contribution in [0, 0.1) is 0 Å². The van der Waals surface area contributed by atoms with Crippen LogP contribution >= 0.6 is 12.4 Å². The van der Waals surface area contributed by atoms with Crippen molar-refractivity contribution >= 4 is 45.9 Å². The van der Waals surface area contributed by atoms with Gasteiger partial charge in [0.25, 0.3) is 0 Å². The normalized spacial score (nSPS) is 17.6. The maximum atomic E-state index is 6.35. The molecule has 0 saturated carbocycles. The van der Waals surface area contributed by atoms with E-state index in [1.165, 1.54) is 16.5 Å². The molecular weight excluding hydrogens is 494 g/mol. The van der Waals surface area contributed by atoms with Crippen LogP contribution in [-0.2, 0) is 6.54 Å². The topological polar surface area (TPSA) is 60.7 Å². The molecule has 38 heavy (non-hydrogen) atoms. The minimum absolute atomic E-state index is 0. The Kier molecular flexibility index (Phi) is 6.56. The number of rotatable bonds is 5. The Morgan fingerprint density at radius 1 is 1.03 bits per heavy atom. The van der Waals surface area contributed by atoms with Crippen LogP contribution in [0.25, 0.3) is 33.2 Å². The Hall–Kier alpha value is -3.45. The summed E-state index contributed by atoms with van der Waals surface area (Å²) >= 11 is 0. The van der Waals surface area contributed by atoms with Crippen molar-refractivity contribution in [3.05, 3.63) is 84.2 Å². The second-order valence-corrected chi connectivity index (χ2v) is 10.5. The lowest BCUT2D eigenvalue weighted by Gasteiger charge is -2.36. The first-order valence-corrected chi connectivity index (χ1v) is 13.3. The Balaban J connectivity index is 0.00000264. The van der Waals surface area contributed by atoms with Crippen molar-refractivity contribution < 1.29 is 4.42 Å². The molecule has 2 aromatic carbocycles. The maximum absolute atomic E-state index is 6.35. The summed E-state index contributed by atoms with van der Waals surface area (Å²) in [6.07, 6.45) is 9.04. The summed E-state index contributed by atoms with van der Waals surface area (Å²) in [5.41, 5.74) is 9.00. The summed E-state index contributed by atoms with van der Waals surface area (Å²) < 4.78 is 6.35. The predicted molar refractivity (Wildman–Crippen MR) is 157 cm³/mol. The fraction of sp³-hybridized carbons (Fsp3) is 0.290. The number of allylic oxidation sites excluding steroid dienone is 4. The number of hydrogen-bond donors (Lipinski definition) is 1. The molecular formula is C31H32ClN5O. The van der Waals surface area contributed by atoms with Gasteiger partial charge < -0.3 is 9.40 Å². The summed E-state index contributed by atoms with van der Waals surface area (Å²) in [6, 6.07) is 15.8. The Morgan fingerprint density at radius 3 is 2.74 bits per heavy atom. The molecule has 1 saturated heterocycles. The van der Waals surface area contributed by atoms with Gasteiger partial charge in [-0.3, -0.25) is 14.8 Å². The van der Waals surface area contributed by atoms with E-state index in [2.05, 4.69) is 83.2 Å². The van der Waals surface area contributed by atoms with E-state index in [4.69, 9.17) is 14.4 Å². The monoisotopic (exact) mass is 525 g/mol. The van der Waals surface area contributed by atoms with Crippen molar-refractivity contribution in [3.8, 4) is 11.1 Å². The van der Waals surface area contributed by atoms with E-state index < -0.39 is 0 Å². The number of H-pyrrole nitrogens is 1. The highest BCUT2D eigenvalue weighted by Gasteiger charge is 2.28. The molecule has 7 rings (SSSR count). The zero-order valence-electron chi connectivity index (χ0n) is 21.8. The van der Waals surface area contributed by atoms with Gasteiger partial charge in [-0.1, -0.05) is 30.4 Å². The maximum Gasteiger partial charge on any atom is 0.226 e. The van der Waals surface area contributed by atoms with Crippen LogP contribution in [0.3, 0.4) is 0 Å². The summed E-state index contributed by atoms with van der Waals surface area (Å²) in [4.78, 5) is 18.0. The summed E-state index contributed by atoms with van der Waals surface area (Å²) in [6.45, 7) is 9.66. The first kappa shape index (κ1) is 24.9. The van der Waals surface area contributed by atoms with E-state index in [1.54, 1.807) is 0 Å². The Bertz CT molecular complexity index is 1580. The van der Waals surface area contributed by atoms with Gasteiger partial charge in [-0.2, -0.15) is 0 Å². The molecule has 2 aliphatic heterocycles. The number of piperazine rings is 1. The lowest BCUT2D eigenvalue weighted by atomic mass is 9.89. The highest BCUT2D eigenvalue weighted by Crippen LogP contribution is 2.44. The zero-order valence-corrected chi connectivity index (χ0v) is 22.6. The summed E-state index contributed by atoms with van der Waals surface area (Å²) in [5, 5.41) is 1.23. The van der Waals surface area contributed by atoms with Gasteiger partial charge in [-0.25, -0.2) is 4.98 Å². The van der Waals surface area contributed by atoms with Crippen molar-refractivity contribution in [3.63, 3.8) is 0 Å². The first-order chi connectivity index (χ1) is 18.1. The van der Waals surface area contributed by atoms with Gasteiger partial charge in [0.05, 0.1) is 24.1 Å². The van der Waals surface area contributed by atoms with Crippen molar-refractivity contribution in [2.24, 2.45) is 4.99 Å². The molecule has 2 aromatic heterocycles. The van der Waals surface area contributed by atoms with Gasteiger partial charge in [0.15, 0.2) is 0 Å². The highest BCUT2D eigenvalue weighted by atomic mass is 35.5. The van der Waals surface area contributed by atoms with Crippen LogP contribution in [0.1, 0.15) is 37.5 Å². The van der Waals surface area contributed by atoms with Crippen LogP contribution in [0.4, 0.5) is 5.69 Å². The number of fused-ring (bicyclic) bond motifs is 4. The smallest absolute Gasteiger partial charge is 0.226 e. The number of oxazole rings is 1. The molecule has 4 aromatic rings. The van der Waals surface area contributed by atoms with Gasteiger partial charge >= 0.3 is 0 Å². The van der Waals surface area contributed by atoms with Gasteiger partial charge in [0.2, 0.25) is 5.89 Å². The van der Waals surface area contributed by atoms with Crippen molar-refractivity contribution in [1.29, 1.82) is 0 Å². The van der Waals surface area contributed by atoms with Crippen LogP contribution in [0.2, 0.25) is 0 Å². The molecule has 1 fully saturated rings. The third-order valence-corrected chi connectivity index (χ3v) is 7.88. The lowest BCUT2D eigenvalue weighted by Crippen LogP contribution is -2.48. The Labute approximate surface area is 229 Å². The van der Waals surface area contributed by atoms with Crippen molar-refractivity contribution in [2.75, 3.05) is 26.2 Å². The van der Waals surface area contributed by atoms with Gasteiger partial charge in [0.1, 0.15) is 5.76 Å². The quantitative estimate of drug-likeness (QED) is 0.314. The highest BCUT2D eigenvalue weighted by molar-refractivity contribution is 6.36. The first-order valence-electron chi connectivity index (χ1n) is 13.3. The number of nitrogens with zero attached hydrogens (tertiary/aromatic N) is 4. The minimum Gasteiger partial charge on any atom is -0.440 e. The molecule has 0 atom stereocenters. The molecule has 0 amide bonds. The number of nitrogens with one attached hydrogen (secondary N) is 1. The molecule has 0 radical (unpaired) electrons. The molecule has 1 N–H and O–H groups in total. The lowest BCUT2D eigenvalue weighted by molar-refractivity contribution is 0.0990. The molecule has 4 heterocycles. The minimum atomic E-state index is 0. The molecule has 194 valence electrons. The van der Waals surface area contributed by atoms with E-state index in [0.29, 0.717) is 11.9 Å². The second-order valence-electron chi connectivity index (χ2n) is 10.5. The summed E-state index contributed by atoms with van der Waals surface area (Å²) in [5.74, 6) is 1.60. The van der Waals surface area contributed by atoms with E-state index in [9.17, 15) is 0 Å². The van der Waals surface area contributed by atoms with Crippen LogP contribution in [-0.4, -0.2) is 57.7 Å². The van der Waals surface area contributed by atoms with E-state index in [-0.39, 0.29) is 12.4 Å². The standard InChI is InChI=1S/C31H31N5O.ClH/c1-20(2)36-15-13-35(14-16-36)19-22-18-33-31(37-22)25-6-4-8-29-30(25)26-17-21(9-10-28(26)34-29)23-5-3-7-27-24(23)11-12-32-27;/h3-7,9-12,17-18,20,32H,8,13-16,19H2,1-2H3;1H. The number of aliphatic imine (C=N–C) groups is 1. The fourth-order valence-electron chi connectivity index (χ4n) is 5.86. The second kappa shape index (κ2) is 10.0. The molecule has 0 spiro atoms. The third kappa shape index (κ3) is 4.33. The van der Waals surface area contributed by atoms with Crippen molar-refractivity contribution in [2.45, 2.75) is 32.9 Å². The van der Waals surface area contributed by atoms with Gasteiger partial charge in [0, 0.05) is 72.5 Å². The average Bonchev–Trinajstić information content (AvgIpc) is 3.66. The van der Waals surface area contributed by atoms with Crippen LogP contribution in [0.15, 0.2) is 76.4 Å². The van der Waals surface area contributed by atoms with E-state index in [0.717, 1.165) is 78.5 Å². The Morgan fingerprint density at radius 2 is 1.89 bits per heavy atom. The molecule has 1 aliphatic carbocycles. The zero-order chi connectivity index (χ0) is 24.9. The average molecular weight is 526 g/mol. The fourth-order valence-corrected chi connectivity index (χ4v) is 5.86. The van der Waals surface area contributed by atoms with Gasteiger partial charge in [-0.15, -0.1) is 12.4 Å². The van der Waals surface area contributed by atoms with Gasteiger partial charge in [-0.05, 0) is 49.2 Å².